The lowest BCUT2D eigenvalue weighted by Crippen LogP contribution is -2.19. The summed E-state index contributed by atoms with van der Waals surface area (Å²) < 4.78 is 15.4. The van der Waals surface area contributed by atoms with Gasteiger partial charge in [-0.2, -0.15) is 0 Å². The van der Waals surface area contributed by atoms with Crippen molar-refractivity contribution in [2.75, 3.05) is 19.8 Å². The average Bonchev–Trinajstić information content (AvgIpc) is 2.46. The molecule has 0 saturated carbocycles. The number of hydrogen-bond acceptors (Lipinski definition) is 5. The molecular weight excluding hydrogens is 260 g/mol. The van der Waals surface area contributed by atoms with Gasteiger partial charge in [0, 0.05) is 6.08 Å². The van der Waals surface area contributed by atoms with Crippen LogP contribution >= 0.6 is 0 Å². The topological polar surface area (TPSA) is 61.8 Å². The molecule has 0 saturated heterocycles. The first-order valence-electron chi connectivity index (χ1n) is 7.08. The van der Waals surface area contributed by atoms with Crippen molar-refractivity contribution in [2.24, 2.45) is 5.92 Å². The van der Waals surface area contributed by atoms with Crippen LogP contribution in [0.2, 0.25) is 0 Å². The Labute approximate surface area is 121 Å². The third kappa shape index (κ3) is 9.55. The second-order valence-electron chi connectivity index (χ2n) is 4.67. The summed E-state index contributed by atoms with van der Waals surface area (Å²) in [7, 11) is 0. The van der Waals surface area contributed by atoms with Crippen LogP contribution in [0.25, 0.3) is 0 Å². The van der Waals surface area contributed by atoms with Crippen LogP contribution in [0.3, 0.4) is 0 Å². The van der Waals surface area contributed by atoms with Gasteiger partial charge >= 0.3 is 11.9 Å². The summed E-state index contributed by atoms with van der Waals surface area (Å²) in [5, 5.41) is 0. The van der Waals surface area contributed by atoms with Crippen LogP contribution in [0.15, 0.2) is 12.7 Å². The number of ether oxygens (including phenoxy) is 3. The predicted octanol–water partition coefficient (Wildman–Crippen LogP) is 2.49. The van der Waals surface area contributed by atoms with Gasteiger partial charge in [0.05, 0.1) is 25.2 Å². The summed E-state index contributed by atoms with van der Waals surface area (Å²) in [6.45, 7) is 10.1. The lowest BCUT2D eigenvalue weighted by Gasteiger charge is -2.14. The van der Waals surface area contributed by atoms with E-state index in [4.69, 9.17) is 14.2 Å². The molecule has 5 nitrogen and oxygen atoms in total. The highest BCUT2D eigenvalue weighted by Gasteiger charge is 2.11. The second-order valence-corrected chi connectivity index (χ2v) is 4.67. The van der Waals surface area contributed by atoms with Crippen LogP contribution in [-0.4, -0.2) is 37.9 Å². The van der Waals surface area contributed by atoms with Crippen molar-refractivity contribution in [2.45, 2.75) is 46.1 Å². The Bertz CT molecular complexity index is 301. The van der Waals surface area contributed by atoms with Crippen molar-refractivity contribution >= 4 is 11.9 Å². The van der Waals surface area contributed by atoms with Gasteiger partial charge in [0.2, 0.25) is 0 Å². The van der Waals surface area contributed by atoms with Crippen molar-refractivity contribution < 1.29 is 23.8 Å². The Morgan fingerprint density at radius 2 is 1.85 bits per heavy atom. The van der Waals surface area contributed by atoms with Gasteiger partial charge in [0.15, 0.2) is 0 Å². The van der Waals surface area contributed by atoms with Crippen LogP contribution in [-0.2, 0) is 23.8 Å². The fraction of sp³-hybridized carbons (Fsp3) is 0.733. The minimum atomic E-state index is -0.407. The molecule has 0 heterocycles. The zero-order valence-electron chi connectivity index (χ0n) is 12.7. The third-order valence-corrected chi connectivity index (χ3v) is 2.91. The van der Waals surface area contributed by atoms with E-state index in [2.05, 4.69) is 6.58 Å². The first-order chi connectivity index (χ1) is 9.51. The summed E-state index contributed by atoms with van der Waals surface area (Å²) in [4.78, 5) is 22.2. The highest BCUT2D eigenvalue weighted by Crippen LogP contribution is 2.04. The Hall–Kier alpha value is -1.36. The molecule has 0 radical (unpaired) electrons. The number of carbonyl (C=O) groups excluding carboxylic acids is 2. The molecule has 0 spiro atoms. The summed E-state index contributed by atoms with van der Waals surface area (Å²) in [5.41, 5.74) is 0. The van der Waals surface area contributed by atoms with E-state index in [1.807, 2.05) is 20.8 Å². The van der Waals surface area contributed by atoms with Crippen molar-refractivity contribution in [1.29, 1.82) is 0 Å². The van der Waals surface area contributed by atoms with E-state index in [9.17, 15) is 9.59 Å². The van der Waals surface area contributed by atoms with Crippen LogP contribution in [0, 0.1) is 5.92 Å². The van der Waals surface area contributed by atoms with E-state index in [1.54, 1.807) is 0 Å². The van der Waals surface area contributed by atoms with E-state index >= 15 is 0 Å². The molecule has 0 amide bonds. The second kappa shape index (κ2) is 11.5. The van der Waals surface area contributed by atoms with Crippen LogP contribution in [0.1, 0.15) is 40.0 Å². The van der Waals surface area contributed by atoms with Crippen molar-refractivity contribution in [3.8, 4) is 0 Å². The maximum atomic E-state index is 11.4. The highest BCUT2D eigenvalue weighted by atomic mass is 16.6. The standard InChI is InChI=1S/C15H26O5/c1-5-12(3)15(17)20-11-10-18-13(4)8-7-9-19-14(16)6-2/h6,12-13H,2,5,7-11H2,1,3-4H3. The summed E-state index contributed by atoms with van der Waals surface area (Å²) in [5.74, 6) is -0.650. The Morgan fingerprint density at radius 3 is 2.45 bits per heavy atom. The molecule has 0 aliphatic heterocycles. The first kappa shape index (κ1) is 18.6. The number of rotatable bonds is 11. The van der Waals surface area contributed by atoms with Gasteiger partial charge in [-0.05, 0) is 26.2 Å². The fourth-order valence-corrected chi connectivity index (χ4v) is 1.39. The van der Waals surface area contributed by atoms with Crippen LogP contribution in [0.5, 0.6) is 0 Å². The molecule has 0 aromatic heterocycles. The van der Waals surface area contributed by atoms with Gasteiger partial charge in [0.1, 0.15) is 6.61 Å². The molecule has 0 bridgehead atoms. The summed E-state index contributed by atoms with van der Waals surface area (Å²) >= 11 is 0. The summed E-state index contributed by atoms with van der Waals surface area (Å²) in [6, 6.07) is 0. The van der Waals surface area contributed by atoms with E-state index in [0.29, 0.717) is 13.2 Å². The fourth-order valence-electron chi connectivity index (χ4n) is 1.39. The normalized spacial score (nSPS) is 13.3. The summed E-state index contributed by atoms with van der Waals surface area (Å²) in [6.07, 6.45) is 3.47. The predicted molar refractivity (Wildman–Crippen MR) is 76.2 cm³/mol. The minimum Gasteiger partial charge on any atom is -0.463 e. The zero-order chi connectivity index (χ0) is 15.4. The number of esters is 2. The molecule has 116 valence electrons. The third-order valence-electron chi connectivity index (χ3n) is 2.91. The molecule has 2 atom stereocenters. The molecule has 5 heteroatoms. The molecule has 0 aliphatic carbocycles. The molecule has 0 N–H and O–H groups in total. The van der Waals surface area contributed by atoms with Gasteiger partial charge in [-0.1, -0.05) is 20.4 Å². The van der Waals surface area contributed by atoms with Gasteiger partial charge in [-0.15, -0.1) is 0 Å². The van der Waals surface area contributed by atoms with E-state index in [-0.39, 0.29) is 24.6 Å². The smallest absolute Gasteiger partial charge is 0.330 e. The van der Waals surface area contributed by atoms with E-state index in [1.165, 1.54) is 0 Å². The van der Waals surface area contributed by atoms with Crippen molar-refractivity contribution in [3.05, 3.63) is 12.7 Å². The van der Waals surface area contributed by atoms with Crippen LogP contribution in [0.4, 0.5) is 0 Å². The molecule has 20 heavy (non-hydrogen) atoms. The monoisotopic (exact) mass is 286 g/mol. The van der Waals surface area contributed by atoms with Gasteiger partial charge in [-0.3, -0.25) is 4.79 Å². The Balaban J connectivity index is 3.49. The molecule has 2 unspecified atom stereocenters. The van der Waals surface area contributed by atoms with E-state index in [0.717, 1.165) is 25.3 Å². The minimum absolute atomic E-state index is 0.0414. The highest BCUT2D eigenvalue weighted by molar-refractivity contribution is 5.81. The van der Waals surface area contributed by atoms with Gasteiger partial charge < -0.3 is 14.2 Å². The number of carbonyl (C=O) groups is 2. The quantitative estimate of drug-likeness (QED) is 0.332. The first-order valence-corrected chi connectivity index (χ1v) is 7.08. The molecule has 0 aromatic rings. The maximum Gasteiger partial charge on any atom is 0.330 e. The molecule has 0 aliphatic rings. The SMILES string of the molecule is C=CC(=O)OCCCC(C)OCCOC(=O)C(C)CC. The molecular formula is C15H26O5. The lowest BCUT2D eigenvalue weighted by molar-refractivity contribution is -0.150. The maximum absolute atomic E-state index is 11.4. The molecule has 0 rings (SSSR count). The number of hydrogen-bond donors (Lipinski definition) is 0. The van der Waals surface area contributed by atoms with E-state index < -0.39 is 5.97 Å². The zero-order valence-corrected chi connectivity index (χ0v) is 12.7. The Kier molecular flexibility index (Phi) is 10.7. The van der Waals surface area contributed by atoms with Crippen LogP contribution < -0.4 is 0 Å². The molecule has 0 fully saturated rings. The van der Waals surface area contributed by atoms with Crippen molar-refractivity contribution in [3.63, 3.8) is 0 Å². The largest absolute Gasteiger partial charge is 0.463 e. The Morgan fingerprint density at radius 1 is 1.15 bits per heavy atom. The van der Waals surface area contributed by atoms with Gasteiger partial charge in [-0.25, -0.2) is 4.79 Å². The molecule has 0 aromatic carbocycles. The van der Waals surface area contributed by atoms with Gasteiger partial charge in [0.25, 0.3) is 0 Å². The van der Waals surface area contributed by atoms with Crippen molar-refractivity contribution in [1.82, 2.24) is 0 Å². The lowest BCUT2D eigenvalue weighted by atomic mass is 10.1. The average molecular weight is 286 g/mol.